The van der Waals surface area contributed by atoms with Gasteiger partial charge in [0, 0.05) is 11.1 Å². The van der Waals surface area contributed by atoms with E-state index in [2.05, 4.69) is 0 Å². The smallest absolute Gasteiger partial charge is 0.249 e. The summed E-state index contributed by atoms with van der Waals surface area (Å²) in [5.41, 5.74) is 6.45. The van der Waals surface area contributed by atoms with Gasteiger partial charge in [-0.2, -0.15) is 0 Å². The van der Waals surface area contributed by atoms with E-state index in [1.807, 2.05) is 6.92 Å². The first-order chi connectivity index (χ1) is 8.10. The lowest BCUT2D eigenvalue weighted by atomic mass is 10.0. The number of methoxy groups -OCH3 is 3. The minimum atomic E-state index is -0.513. The summed E-state index contributed by atoms with van der Waals surface area (Å²) in [4.78, 5) is 11.4. The molecule has 0 bridgehead atoms. The molecule has 2 N–H and O–H groups in total. The first-order valence-corrected chi connectivity index (χ1v) is 5.22. The third-order valence-electron chi connectivity index (χ3n) is 2.55. The molecule has 0 radical (unpaired) electrons. The van der Waals surface area contributed by atoms with Gasteiger partial charge in [-0.3, -0.25) is 4.79 Å². The Labute approximate surface area is 100 Å². The topological polar surface area (TPSA) is 70.8 Å². The highest BCUT2D eigenvalue weighted by Crippen LogP contribution is 2.42. The van der Waals surface area contributed by atoms with E-state index in [-0.39, 0.29) is 0 Å². The maximum absolute atomic E-state index is 11.4. The second-order valence-electron chi connectivity index (χ2n) is 3.39. The molecule has 0 heterocycles. The quantitative estimate of drug-likeness (QED) is 0.842. The van der Waals surface area contributed by atoms with Crippen molar-refractivity contribution in [2.75, 3.05) is 21.3 Å². The molecule has 0 unspecified atom stereocenters. The summed E-state index contributed by atoms with van der Waals surface area (Å²) in [6.45, 7) is 1.91. The Morgan fingerprint density at radius 1 is 1.18 bits per heavy atom. The molecular weight excluding hydrogens is 222 g/mol. The average molecular weight is 239 g/mol. The molecule has 0 aliphatic heterocycles. The van der Waals surface area contributed by atoms with Crippen LogP contribution in [0.2, 0.25) is 0 Å². The number of hydrogen-bond donors (Lipinski definition) is 1. The Morgan fingerprint density at radius 3 is 2.12 bits per heavy atom. The molecule has 0 saturated carbocycles. The van der Waals surface area contributed by atoms with Crippen LogP contribution in [-0.4, -0.2) is 27.2 Å². The molecule has 1 rings (SSSR count). The Bertz CT molecular complexity index is 429. The van der Waals surface area contributed by atoms with Crippen LogP contribution in [0.3, 0.4) is 0 Å². The number of carbonyl (C=O) groups is 1. The number of amides is 1. The summed E-state index contributed by atoms with van der Waals surface area (Å²) in [5.74, 6) is 0.872. The minimum absolute atomic E-state index is 0.391. The first kappa shape index (κ1) is 13.2. The third kappa shape index (κ3) is 2.27. The van der Waals surface area contributed by atoms with Gasteiger partial charge in [0.25, 0.3) is 0 Å². The van der Waals surface area contributed by atoms with Crippen molar-refractivity contribution in [1.82, 2.24) is 0 Å². The van der Waals surface area contributed by atoms with Crippen molar-refractivity contribution >= 4 is 5.91 Å². The van der Waals surface area contributed by atoms with Crippen LogP contribution < -0.4 is 19.9 Å². The van der Waals surface area contributed by atoms with Crippen LogP contribution >= 0.6 is 0 Å². The second-order valence-corrected chi connectivity index (χ2v) is 3.39. The monoisotopic (exact) mass is 239 g/mol. The fourth-order valence-electron chi connectivity index (χ4n) is 1.79. The van der Waals surface area contributed by atoms with Crippen molar-refractivity contribution in [2.45, 2.75) is 13.3 Å². The van der Waals surface area contributed by atoms with E-state index in [4.69, 9.17) is 19.9 Å². The van der Waals surface area contributed by atoms with Gasteiger partial charge in [0.1, 0.15) is 0 Å². The van der Waals surface area contributed by atoms with Crippen LogP contribution in [0.1, 0.15) is 22.8 Å². The molecule has 5 heteroatoms. The molecule has 0 fully saturated rings. The highest BCUT2D eigenvalue weighted by Gasteiger charge is 2.21. The molecule has 0 aliphatic carbocycles. The van der Waals surface area contributed by atoms with E-state index < -0.39 is 5.91 Å². The van der Waals surface area contributed by atoms with Crippen molar-refractivity contribution in [3.8, 4) is 17.2 Å². The number of ether oxygens (including phenoxy) is 3. The molecular formula is C12H17NO4. The summed E-state index contributed by atoms with van der Waals surface area (Å²) in [5, 5.41) is 0. The van der Waals surface area contributed by atoms with Gasteiger partial charge in [0.2, 0.25) is 11.7 Å². The zero-order chi connectivity index (χ0) is 13.0. The van der Waals surface area contributed by atoms with Crippen LogP contribution in [0.25, 0.3) is 0 Å². The molecule has 0 aliphatic rings. The van der Waals surface area contributed by atoms with Gasteiger partial charge in [-0.15, -0.1) is 0 Å². The van der Waals surface area contributed by atoms with E-state index in [0.29, 0.717) is 29.2 Å². The molecule has 0 atom stereocenters. The highest BCUT2D eigenvalue weighted by molar-refractivity contribution is 5.96. The number of primary amides is 1. The fraction of sp³-hybridized carbons (Fsp3) is 0.417. The maximum Gasteiger partial charge on any atom is 0.249 e. The van der Waals surface area contributed by atoms with Crippen molar-refractivity contribution in [3.63, 3.8) is 0 Å². The molecule has 1 amide bonds. The standard InChI is InChI=1S/C12H17NO4/c1-5-7-8(12(13)14)6-9(15-2)11(17-4)10(7)16-3/h6H,5H2,1-4H3,(H2,13,14). The maximum atomic E-state index is 11.4. The summed E-state index contributed by atoms with van der Waals surface area (Å²) < 4.78 is 15.7. The SMILES string of the molecule is CCc1c(C(N)=O)cc(OC)c(OC)c1OC. The summed E-state index contributed by atoms with van der Waals surface area (Å²) in [7, 11) is 4.53. The predicted octanol–water partition coefficient (Wildman–Crippen LogP) is 1.37. The van der Waals surface area contributed by atoms with Crippen LogP contribution in [0.15, 0.2) is 6.07 Å². The van der Waals surface area contributed by atoms with Crippen LogP contribution in [0.4, 0.5) is 0 Å². The van der Waals surface area contributed by atoms with E-state index in [9.17, 15) is 4.79 Å². The highest BCUT2D eigenvalue weighted by atomic mass is 16.5. The molecule has 5 nitrogen and oxygen atoms in total. The van der Waals surface area contributed by atoms with Crippen LogP contribution in [0, 0.1) is 0 Å². The van der Waals surface area contributed by atoms with Crippen molar-refractivity contribution in [1.29, 1.82) is 0 Å². The third-order valence-corrected chi connectivity index (χ3v) is 2.55. The summed E-state index contributed by atoms with van der Waals surface area (Å²) in [6.07, 6.45) is 0.613. The summed E-state index contributed by atoms with van der Waals surface area (Å²) >= 11 is 0. The lowest BCUT2D eigenvalue weighted by Gasteiger charge is -2.17. The van der Waals surface area contributed by atoms with Gasteiger partial charge in [0.15, 0.2) is 11.5 Å². The van der Waals surface area contributed by atoms with Crippen LogP contribution in [0.5, 0.6) is 17.2 Å². The molecule has 1 aromatic carbocycles. The van der Waals surface area contributed by atoms with E-state index >= 15 is 0 Å². The van der Waals surface area contributed by atoms with Gasteiger partial charge >= 0.3 is 0 Å². The Morgan fingerprint density at radius 2 is 1.76 bits per heavy atom. The molecule has 0 saturated heterocycles. The van der Waals surface area contributed by atoms with E-state index in [0.717, 1.165) is 5.56 Å². The average Bonchev–Trinajstić information content (AvgIpc) is 2.35. The van der Waals surface area contributed by atoms with Gasteiger partial charge in [0.05, 0.1) is 21.3 Å². The molecule has 0 spiro atoms. The number of rotatable bonds is 5. The van der Waals surface area contributed by atoms with E-state index in [1.54, 1.807) is 6.07 Å². The number of nitrogens with two attached hydrogens (primary N) is 1. The van der Waals surface area contributed by atoms with Gasteiger partial charge in [-0.1, -0.05) is 6.92 Å². The Hall–Kier alpha value is -1.91. The van der Waals surface area contributed by atoms with Crippen LogP contribution in [-0.2, 0) is 6.42 Å². The first-order valence-electron chi connectivity index (χ1n) is 5.22. The van der Waals surface area contributed by atoms with Crippen molar-refractivity contribution < 1.29 is 19.0 Å². The second kappa shape index (κ2) is 5.43. The lowest BCUT2D eigenvalue weighted by Crippen LogP contribution is -2.15. The largest absolute Gasteiger partial charge is 0.493 e. The predicted molar refractivity (Wildman–Crippen MR) is 64.0 cm³/mol. The van der Waals surface area contributed by atoms with Crippen molar-refractivity contribution in [2.24, 2.45) is 5.73 Å². The zero-order valence-electron chi connectivity index (χ0n) is 10.5. The van der Waals surface area contributed by atoms with Gasteiger partial charge in [-0.05, 0) is 12.5 Å². The minimum Gasteiger partial charge on any atom is -0.493 e. The molecule has 17 heavy (non-hydrogen) atoms. The van der Waals surface area contributed by atoms with Gasteiger partial charge < -0.3 is 19.9 Å². The fourth-order valence-corrected chi connectivity index (χ4v) is 1.79. The molecule has 94 valence electrons. The Kier molecular flexibility index (Phi) is 4.20. The molecule has 0 aromatic heterocycles. The number of benzene rings is 1. The zero-order valence-corrected chi connectivity index (χ0v) is 10.5. The van der Waals surface area contributed by atoms with E-state index in [1.165, 1.54) is 21.3 Å². The number of carbonyl (C=O) groups excluding carboxylic acids is 1. The normalized spacial score (nSPS) is 9.88. The number of hydrogen-bond acceptors (Lipinski definition) is 4. The van der Waals surface area contributed by atoms with Crippen molar-refractivity contribution in [3.05, 3.63) is 17.2 Å². The Balaban J connectivity index is 3.60. The lowest BCUT2D eigenvalue weighted by molar-refractivity contribution is 0.0998. The summed E-state index contributed by atoms with van der Waals surface area (Å²) in [6, 6.07) is 1.57. The molecule has 1 aromatic rings. The van der Waals surface area contributed by atoms with Gasteiger partial charge in [-0.25, -0.2) is 0 Å².